The molecule has 0 saturated heterocycles. The van der Waals surface area contributed by atoms with Crippen LogP contribution in [0.5, 0.6) is 5.75 Å². The van der Waals surface area contributed by atoms with E-state index in [1.54, 1.807) is 0 Å². The number of rotatable bonds is 10. The summed E-state index contributed by atoms with van der Waals surface area (Å²) in [5.74, 6) is 0.831. The van der Waals surface area contributed by atoms with E-state index in [1.807, 2.05) is 18.2 Å². The summed E-state index contributed by atoms with van der Waals surface area (Å²) in [4.78, 5) is 0. The smallest absolute Gasteiger partial charge is 0.123 e. The number of hydrogen-bond donors (Lipinski definition) is 2. The Hall–Kier alpha value is -1.42. The first-order valence-corrected chi connectivity index (χ1v) is 7.50. The van der Waals surface area contributed by atoms with Crippen molar-refractivity contribution in [2.45, 2.75) is 46.1 Å². The van der Waals surface area contributed by atoms with Gasteiger partial charge in [0.25, 0.3) is 0 Å². The fraction of sp³-hybridized carbons (Fsp3) is 0.625. The van der Waals surface area contributed by atoms with Crippen LogP contribution in [-0.4, -0.2) is 25.9 Å². The van der Waals surface area contributed by atoms with Crippen LogP contribution in [0.1, 0.15) is 40.0 Å². The van der Waals surface area contributed by atoms with Crippen molar-refractivity contribution in [1.29, 1.82) is 0 Å². The zero-order valence-electron chi connectivity index (χ0n) is 12.9. The molecule has 0 atom stereocenters. The first-order chi connectivity index (χ1) is 9.61. The second-order valence-electron chi connectivity index (χ2n) is 5.19. The molecule has 4 nitrogen and oxygen atoms in total. The molecule has 0 amide bonds. The summed E-state index contributed by atoms with van der Waals surface area (Å²) in [5.41, 5.74) is 7.62. The van der Waals surface area contributed by atoms with Crippen molar-refractivity contribution in [2.24, 2.45) is 0 Å². The minimum Gasteiger partial charge on any atom is -0.493 e. The summed E-state index contributed by atoms with van der Waals surface area (Å²) in [7, 11) is 0. The zero-order valence-corrected chi connectivity index (χ0v) is 12.9. The Balaban J connectivity index is 2.30. The number of hydrogen-bond acceptors (Lipinski definition) is 4. The quantitative estimate of drug-likeness (QED) is 0.507. The molecule has 4 heteroatoms. The molecule has 1 rings (SSSR count). The minimum absolute atomic E-state index is 0.315. The minimum atomic E-state index is 0.315. The van der Waals surface area contributed by atoms with Gasteiger partial charge in [-0.05, 0) is 39.2 Å². The molecule has 0 saturated carbocycles. The van der Waals surface area contributed by atoms with E-state index < -0.39 is 0 Å². The second-order valence-corrected chi connectivity index (χ2v) is 5.19. The Kier molecular flexibility index (Phi) is 7.88. The van der Waals surface area contributed by atoms with E-state index in [0.29, 0.717) is 6.10 Å². The maximum absolute atomic E-state index is 5.88. The molecule has 114 valence electrons. The fourth-order valence-electron chi connectivity index (χ4n) is 1.81. The van der Waals surface area contributed by atoms with Crippen LogP contribution in [0.2, 0.25) is 0 Å². The van der Waals surface area contributed by atoms with Crippen molar-refractivity contribution in [2.75, 3.05) is 30.8 Å². The molecule has 20 heavy (non-hydrogen) atoms. The maximum atomic E-state index is 5.88. The van der Waals surface area contributed by atoms with Gasteiger partial charge < -0.3 is 20.5 Å². The number of nitrogen functional groups attached to an aromatic ring is 1. The highest BCUT2D eigenvalue weighted by Crippen LogP contribution is 2.22. The summed E-state index contributed by atoms with van der Waals surface area (Å²) < 4.78 is 11.1. The van der Waals surface area contributed by atoms with E-state index in [1.165, 1.54) is 0 Å². The monoisotopic (exact) mass is 280 g/mol. The Morgan fingerprint density at radius 2 is 1.95 bits per heavy atom. The fourth-order valence-corrected chi connectivity index (χ4v) is 1.81. The number of nitrogens with two attached hydrogens (primary N) is 1. The van der Waals surface area contributed by atoms with Crippen molar-refractivity contribution in [3.05, 3.63) is 18.2 Å². The number of ether oxygens (including phenoxy) is 2. The van der Waals surface area contributed by atoms with Crippen LogP contribution in [0.4, 0.5) is 11.4 Å². The van der Waals surface area contributed by atoms with Gasteiger partial charge in [-0.3, -0.25) is 0 Å². The van der Waals surface area contributed by atoms with Gasteiger partial charge >= 0.3 is 0 Å². The van der Waals surface area contributed by atoms with E-state index >= 15 is 0 Å². The lowest BCUT2D eigenvalue weighted by atomic mass is 10.2. The van der Waals surface area contributed by atoms with Gasteiger partial charge in [-0.15, -0.1) is 0 Å². The van der Waals surface area contributed by atoms with Gasteiger partial charge in [-0.2, -0.15) is 0 Å². The highest BCUT2D eigenvalue weighted by atomic mass is 16.5. The average molecular weight is 280 g/mol. The number of benzene rings is 1. The van der Waals surface area contributed by atoms with Gasteiger partial charge in [-0.25, -0.2) is 0 Å². The lowest BCUT2D eigenvalue weighted by Gasteiger charge is -2.11. The van der Waals surface area contributed by atoms with Gasteiger partial charge in [0.15, 0.2) is 0 Å². The average Bonchev–Trinajstić information content (AvgIpc) is 2.39. The highest BCUT2D eigenvalue weighted by molar-refractivity contribution is 5.59. The lowest BCUT2D eigenvalue weighted by Crippen LogP contribution is -2.07. The lowest BCUT2D eigenvalue weighted by molar-refractivity contribution is 0.0765. The normalized spacial score (nSPS) is 10.8. The summed E-state index contributed by atoms with van der Waals surface area (Å²) in [5, 5.41) is 3.37. The van der Waals surface area contributed by atoms with Gasteiger partial charge in [0, 0.05) is 36.7 Å². The Morgan fingerprint density at radius 1 is 1.15 bits per heavy atom. The molecular formula is C16H28N2O2. The van der Waals surface area contributed by atoms with Crippen molar-refractivity contribution >= 4 is 11.4 Å². The van der Waals surface area contributed by atoms with E-state index in [2.05, 4.69) is 26.1 Å². The molecule has 0 aliphatic heterocycles. The molecule has 0 aliphatic carbocycles. The molecule has 0 fully saturated rings. The van der Waals surface area contributed by atoms with E-state index in [4.69, 9.17) is 15.2 Å². The number of anilines is 2. The van der Waals surface area contributed by atoms with E-state index in [-0.39, 0.29) is 0 Å². The zero-order chi connectivity index (χ0) is 14.8. The molecule has 3 N–H and O–H groups in total. The van der Waals surface area contributed by atoms with Crippen molar-refractivity contribution in [3.63, 3.8) is 0 Å². The molecule has 1 aromatic rings. The molecule has 0 spiro atoms. The van der Waals surface area contributed by atoms with E-state index in [0.717, 1.165) is 56.1 Å². The maximum Gasteiger partial charge on any atom is 0.123 e. The summed E-state index contributed by atoms with van der Waals surface area (Å²) >= 11 is 0. The van der Waals surface area contributed by atoms with E-state index in [9.17, 15) is 0 Å². The van der Waals surface area contributed by atoms with Crippen LogP contribution < -0.4 is 15.8 Å². The summed E-state index contributed by atoms with van der Waals surface area (Å²) in [6.07, 6.45) is 3.45. The predicted molar refractivity (Wildman–Crippen MR) is 85.5 cm³/mol. The number of unbranched alkanes of at least 4 members (excludes halogenated alkanes) is 1. The summed E-state index contributed by atoms with van der Waals surface area (Å²) in [6.45, 7) is 8.66. The molecule has 0 unspecified atom stereocenters. The molecule has 0 heterocycles. The van der Waals surface area contributed by atoms with Crippen LogP contribution in [0.25, 0.3) is 0 Å². The topological polar surface area (TPSA) is 56.5 Å². The largest absolute Gasteiger partial charge is 0.493 e. The third kappa shape index (κ3) is 7.24. The van der Waals surface area contributed by atoms with Gasteiger partial charge in [0.2, 0.25) is 0 Å². The van der Waals surface area contributed by atoms with Crippen molar-refractivity contribution in [3.8, 4) is 5.75 Å². The van der Waals surface area contributed by atoms with Gasteiger partial charge in [0.1, 0.15) is 5.75 Å². The van der Waals surface area contributed by atoms with Crippen LogP contribution in [0.3, 0.4) is 0 Å². The number of nitrogens with one attached hydrogen (secondary N) is 1. The molecule has 1 aromatic carbocycles. The van der Waals surface area contributed by atoms with Crippen molar-refractivity contribution in [1.82, 2.24) is 0 Å². The first kappa shape index (κ1) is 16.6. The highest BCUT2D eigenvalue weighted by Gasteiger charge is 2.00. The van der Waals surface area contributed by atoms with Gasteiger partial charge in [0.05, 0.1) is 12.7 Å². The molecule has 0 aliphatic rings. The van der Waals surface area contributed by atoms with Gasteiger partial charge in [-0.1, -0.05) is 6.92 Å². The SMILES string of the molecule is CCCOc1cc(N)cc(NCCCCOC(C)C)c1. The molecule has 0 aromatic heterocycles. The summed E-state index contributed by atoms with van der Waals surface area (Å²) in [6, 6.07) is 5.79. The van der Waals surface area contributed by atoms with Crippen LogP contribution in [0, 0.1) is 0 Å². The Bertz CT molecular complexity index is 381. The third-order valence-electron chi connectivity index (χ3n) is 2.75. The van der Waals surface area contributed by atoms with Crippen LogP contribution in [-0.2, 0) is 4.74 Å². The molecular weight excluding hydrogens is 252 g/mol. The Morgan fingerprint density at radius 3 is 2.65 bits per heavy atom. The van der Waals surface area contributed by atoms with Crippen LogP contribution in [0.15, 0.2) is 18.2 Å². The van der Waals surface area contributed by atoms with Crippen molar-refractivity contribution < 1.29 is 9.47 Å². The first-order valence-electron chi connectivity index (χ1n) is 7.50. The van der Waals surface area contributed by atoms with Crippen LogP contribution >= 0.6 is 0 Å². The molecule has 0 bridgehead atoms. The molecule has 0 radical (unpaired) electrons. The predicted octanol–water partition coefficient (Wildman–Crippen LogP) is 3.67. The standard InChI is InChI=1S/C16H28N2O2/c1-4-8-20-16-11-14(17)10-15(12-16)18-7-5-6-9-19-13(2)3/h10-13,18H,4-9,17H2,1-3H3. The third-order valence-corrected chi connectivity index (χ3v) is 2.75. The Labute approximate surface area is 122 Å². The second kappa shape index (κ2) is 9.48.